The summed E-state index contributed by atoms with van der Waals surface area (Å²) in [5, 5.41) is 3.04. The quantitative estimate of drug-likeness (QED) is 0.342. The van der Waals surface area contributed by atoms with Gasteiger partial charge in [-0.25, -0.2) is 8.42 Å². The molecule has 0 aromatic heterocycles. The number of nitrogens with zero attached hydrogens (tertiary/aromatic N) is 1. The molecular weight excluding hydrogens is 468 g/mol. The van der Waals surface area contributed by atoms with Crippen molar-refractivity contribution in [2.75, 3.05) is 16.2 Å². The standard InChI is InChI=1S/C30H28N2O3S/c33-30(22-28(23-11-4-1-5-12-23)24-13-6-2-7-14-24)31-26-18-19-29-25(21-26)15-10-20-32(29)36(34,35)27-16-8-3-9-17-27/h1-9,11-14,16-19,21,28H,10,15,20,22H2,(H,31,33). The van der Waals surface area contributed by atoms with E-state index in [1.54, 1.807) is 42.5 Å². The van der Waals surface area contributed by atoms with Crippen LogP contribution in [0.15, 0.2) is 114 Å². The topological polar surface area (TPSA) is 66.5 Å². The van der Waals surface area contributed by atoms with Crippen LogP contribution >= 0.6 is 0 Å². The fourth-order valence-corrected chi connectivity index (χ4v) is 6.37. The molecule has 0 fully saturated rings. The average molecular weight is 497 g/mol. The smallest absolute Gasteiger partial charge is 0.264 e. The summed E-state index contributed by atoms with van der Waals surface area (Å²) in [6.07, 6.45) is 1.79. The van der Waals surface area contributed by atoms with E-state index in [1.165, 1.54) is 4.31 Å². The number of carbonyl (C=O) groups excluding carboxylic acids is 1. The van der Waals surface area contributed by atoms with Crippen molar-refractivity contribution in [1.82, 2.24) is 0 Å². The number of benzene rings is 4. The molecule has 0 atom stereocenters. The van der Waals surface area contributed by atoms with Crippen molar-refractivity contribution in [3.05, 3.63) is 126 Å². The molecule has 0 bridgehead atoms. The summed E-state index contributed by atoms with van der Waals surface area (Å²) >= 11 is 0. The third-order valence-electron chi connectivity index (χ3n) is 6.56. The number of hydrogen-bond acceptors (Lipinski definition) is 3. The van der Waals surface area contributed by atoms with E-state index in [0.717, 1.165) is 29.5 Å². The lowest BCUT2D eigenvalue weighted by Crippen LogP contribution is -2.35. The molecule has 0 spiro atoms. The fraction of sp³-hybridized carbons (Fsp3) is 0.167. The lowest BCUT2D eigenvalue weighted by atomic mass is 9.88. The van der Waals surface area contributed by atoms with E-state index >= 15 is 0 Å². The second-order valence-electron chi connectivity index (χ2n) is 8.96. The zero-order chi connectivity index (χ0) is 25.0. The molecule has 1 amide bonds. The van der Waals surface area contributed by atoms with Gasteiger partial charge in [0, 0.05) is 24.6 Å². The van der Waals surface area contributed by atoms with E-state index in [1.807, 2.05) is 66.7 Å². The van der Waals surface area contributed by atoms with Crippen LogP contribution in [-0.4, -0.2) is 20.9 Å². The first-order valence-electron chi connectivity index (χ1n) is 12.1. The Bertz CT molecular complexity index is 1400. The van der Waals surface area contributed by atoms with Crippen molar-refractivity contribution in [1.29, 1.82) is 0 Å². The Morgan fingerprint density at radius 2 is 1.39 bits per heavy atom. The van der Waals surface area contributed by atoms with Gasteiger partial charge in [0.1, 0.15) is 0 Å². The first-order valence-corrected chi connectivity index (χ1v) is 13.6. The number of amides is 1. The van der Waals surface area contributed by atoms with Gasteiger partial charge in [0.25, 0.3) is 10.0 Å². The largest absolute Gasteiger partial charge is 0.326 e. The van der Waals surface area contributed by atoms with Crippen LogP contribution in [0.4, 0.5) is 11.4 Å². The number of rotatable bonds is 7. The summed E-state index contributed by atoms with van der Waals surface area (Å²) in [6.45, 7) is 0.436. The van der Waals surface area contributed by atoms with Crippen molar-refractivity contribution in [2.45, 2.75) is 30.1 Å². The highest BCUT2D eigenvalue weighted by molar-refractivity contribution is 7.92. The maximum absolute atomic E-state index is 13.3. The molecule has 1 N–H and O–H groups in total. The predicted octanol–water partition coefficient (Wildman–Crippen LogP) is 5.99. The highest BCUT2D eigenvalue weighted by Crippen LogP contribution is 2.34. The van der Waals surface area contributed by atoms with E-state index in [4.69, 9.17) is 0 Å². The second-order valence-corrected chi connectivity index (χ2v) is 10.8. The van der Waals surface area contributed by atoms with Gasteiger partial charge in [-0.15, -0.1) is 0 Å². The summed E-state index contributed by atoms with van der Waals surface area (Å²) < 4.78 is 28.0. The Balaban J connectivity index is 1.36. The Labute approximate surface area is 212 Å². The lowest BCUT2D eigenvalue weighted by Gasteiger charge is -2.31. The molecule has 6 heteroatoms. The van der Waals surface area contributed by atoms with Gasteiger partial charge in [-0.05, 0) is 59.9 Å². The number of anilines is 2. The Morgan fingerprint density at radius 3 is 2.00 bits per heavy atom. The number of hydrogen-bond donors (Lipinski definition) is 1. The van der Waals surface area contributed by atoms with Gasteiger partial charge in [-0.3, -0.25) is 9.10 Å². The molecule has 4 aromatic carbocycles. The highest BCUT2D eigenvalue weighted by atomic mass is 32.2. The lowest BCUT2D eigenvalue weighted by molar-refractivity contribution is -0.116. The number of sulfonamides is 1. The van der Waals surface area contributed by atoms with Gasteiger partial charge >= 0.3 is 0 Å². The molecule has 5 nitrogen and oxygen atoms in total. The molecule has 182 valence electrons. The normalized spacial score (nSPS) is 13.3. The molecule has 0 saturated heterocycles. The average Bonchev–Trinajstić information content (AvgIpc) is 2.92. The van der Waals surface area contributed by atoms with E-state index in [2.05, 4.69) is 5.32 Å². The third-order valence-corrected chi connectivity index (χ3v) is 8.39. The first kappa shape index (κ1) is 23.8. The molecule has 5 rings (SSSR count). The van der Waals surface area contributed by atoms with Crippen LogP contribution in [0.2, 0.25) is 0 Å². The van der Waals surface area contributed by atoms with Crippen LogP contribution < -0.4 is 9.62 Å². The zero-order valence-electron chi connectivity index (χ0n) is 19.9. The van der Waals surface area contributed by atoms with Gasteiger partial charge in [-0.1, -0.05) is 78.9 Å². The molecule has 0 saturated carbocycles. The second kappa shape index (κ2) is 10.4. The van der Waals surface area contributed by atoms with E-state index < -0.39 is 10.0 Å². The number of carbonyl (C=O) groups is 1. The minimum absolute atomic E-state index is 0.0588. The summed E-state index contributed by atoms with van der Waals surface area (Å²) in [4.78, 5) is 13.4. The summed E-state index contributed by atoms with van der Waals surface area (Å²) in [5.41, 5.74) is 4.45. The Hall–Kier alpha value is -3.90. The number of aryl methyl sites for hydroxylation is 1. The van der Waals surface area contributed by atoms with Gasteiger partial charge in [-0.2, -0.15) is 0 Å². The minimum Gasteiger partial charge on any atom is -0.326 e. The Kier molecular flexibility index (Phi) is 6.87. The summed E-state index contributed by atoms with van der Waals surface area (Å²) in [5.74, 6) is -0.145. The predicted molar refractivity (Wildman–Crippen MR) is 144 cm³/mol. The van der Waals surface area contributed by atoms with Crippen molar-refractivity contribution in [3.63, 3.8) is 0 Å². The van der Waals surface area contributed by atoms with Gasteiger partial charge in [0.2, 0.25) is 5.91 Å². The van der Waals surface area contributed by atoms with Crippen molar-refractivity contribution >= 4 is 27.3 Å². The van der Waals surface area contributed by atoms with Crippen LogP contribution in [0.3, 0.4) is 0 Å². The minimum atomic E-state index is -3.64. The Morgan fingerprint density at radius 1 is 0.806 bits per heavy atom. The van der Waals surface area contributed by atoms with Gasteiger partial charge < -0.3 is 5.32 Å². The summed E-state index contributed by atoms with van der Waals surface area (Å²) in [7, 11) is -3.64. The van der Waals surface area contributed by atoms with E-state index in [9.17, 15) is 13.2 Å². The number of nitrogens with one attached hydrogen (secondary N) is 1. The van der Waals surface area contributed by atoms with Crippen molar-refractivity contribution < 1.29 is 13.2 Å². The van der Waals surface area contributed by atoms with E-state index in [0.29, 0.717) is 24.3 Å². The van der Waals surface area contributed by atoms with Crippen molar-refractivity contribution in [3.8, 4) is 0 Å². The first-order chi connectivity index (χ1) is 17.5. The monoisotopic (exact) mass is 496 g/mol. The maximum atomic E-state index is 13.3. The van der Waals surface area contributed by atoms with Gasteiger partial charge in [0.05, 0.1) is 10.6 Å². The summed E-state index contributed by atoms with van der Waals surface area (Å²) in [6, 6.07) is 34.1. The zero-order valence-corrected chi connectivity index (χ0v) is 20.7. The number of fused-ring (bicyclic) bond motifs is 1. The maximum Gasteiger partial charge on any atom is 0.264 e. The molecule has 4 aromatic rings. The van der Waals surface area contributed by atoms with Gasteiger partial charge in [0.15, 0.2) is 0 Å². The molecular formula is C30H28N2O3S. The van der Waals surface area contributed by atoms with Crippen LogP contribution in [0, 0.1) is 0 Å². The highest BCUT2D eigenvalue weighted by Gasteiger charge is 2.29. The van der Waals surface area contributed by atoms with Crippen molar-refractivity contribution in [2.24, 2.45) is 0 Å². The molecule has 1 aliphatic rings. The fourth-order valence-electron chi connectivity index (χ4n) is 4.81. The molecule has 36 heavy (non-hydrogen) atoms. The van der Waals surface area contributed by atoms with Crippen LogP contribution in [0.5, 0.6) is 0 Å². The molecule has 1 aliphatic heterocycles. The molecule has 0 radical (unpaired) electrons. The van der Waals surface area contributed by atoms with E-state index in [-0.39, 0.29) is 16.7 Å². The van der Waals surface area contributed by atoms with Crippen LogP contribution in [0.25, 0.3) is 0 Å². The van der Waals surface area contributed by atoms with Crippen LogP contribution in [0.1, 0.15) is 35.4 Å². The van der Waals surface area contributed by atoms with Crippen LogP contribution in [-0.2, 0) is 21.2 Å². The third kappa shape index (κ3) is 5.04. The molecule has 1 heterocycles. The molecule has 0 aliphatic carbocycles. The SMILES string of the molecule is O=C(CC(c1ccccc1)c1ccccc1)Nc1ccc2c(c1)CCCN2S(=O)(=O)c1ccccc1. The molecule has 0 unspecified atom stereocenters.